The molecule has 0 fully saturated rings. The Kier molecular flexibility index (Phi) is 7.57. The molecule has 5 nitrogen and oxygen atoms in total. The van der Waals surface area contributed by atoms with Gasteiger partial charge in [0, 0.05) is 5.69 Å². The molecule has 0 saturated carbocycles. The van der Waals surface area contributed by atoms with Crippen molar-refractivity contribution in [3.05, 3.63) is 101 Å². The van der Waals surface area contributed by atoms with Crippen molar-refractivity contribution in [1.82, 2.24) is 5.32 Å². The summed E-state index contributed by atoms with van der Waals surface area (Å²) in [6.45, 7) is 4.42. The van der Waals surface area contributed by atoms with Gasteiger partial charge in [-0.05, 0) is 42.2 Å². The first-order valence-electron chi connectivity index (χ1n) is 10.5. The van der Waals surface area contributed by atoms with Gasteiger partial charge in [-0.25, -0.2) is 0 Å². The van der Waals surface area contributed by atoms with Gasteiger partial charge in [0.15, 0.2) is 13.1 Å². The molecule has 0 spiro atoms. The van der Waals surface area contributed by atoms with Crippen LogP contribution in [0.15, 0.2) is 78.9 Å². The fraction of sp³-hybridized carbons (Fsp3) is 0.231. The molecule has 0 aromatic heterocycles. The van der Waals surface area contributed by atoms with Gasteiger partial charge in [-0.1, -0.05) is 72.8 Å². The van der Waals surface area contributed by atoms with Crippen molar-refractivity contribution in [2.45, 2.75) is 19.9 Å². The lowest BCUT2D eigenvalue weighted by molar-refractivity contribution is -0.862. The van der Waals surface area contributed by atoms with Crippen molar-refractivity contribution in [2.24, 2.45) is 0 Å². The summed E-state index contributed by atoms with van der Waals surface area (Å²) in [5, 5.41) is 6.08. The summed E-state index contributed by atoms with van der Waals surface area (Å²) in [4.78, 5) is 26.1. The standard InChI is InChI=1S/C26H29N3O2/c1-19-11-10-16-23(20(19)2)27-24(30)17-29(3)18-25(31)28-26(21-12-6-4-7-13-21)22-14-8-5-9-15-22/h4-16,26H,17-18H2,1-3H3,(H,27,30)(H,28,31)/p+1. The Bertz CT molecular complexity index is 980. The Labute approximate surface area is 184 Å². The van der Waals surface area contributed by atoms with Crippen molar-refractivity contribution >= 4 is 17.5 Å². The number of aryl methyl sites for hydroxylation is 1. The molecule has 160 valence electrons. The summed E-state index contributed by atoms with van der Waals surface area (Å²) in [7, 11) is 1.85. The van der Waals surface area contributed by atoms with E-state index in [9.17, 15) is 9.59 Å². The lowest BCUT2D eigenvalue weighted by Crippen LogP contribution is -3.11. The maximum absolute atomic E-state index is 12.8. The van der Waals surface area contributed by atoms with E-state index in [1.54, 1.807) is 0 Å². The molecule has 0 aliphatic heterocycles. The molecule has 0 bridgehead atoms. The molecular weight excluding hydrogens is 386 g/mol. The molecular formula is C26H30N3O2+. The van der Waals surface area contributed by atoms with Gasteiger partial charge >= 0.3 is 0 Å². The molecule has 3 aromatic carbocycles. The number of hydrogen-bond donors (Lipinski definition) is 3. The largest absolute Gasteiger partial charge is 0.340 e. The zero-order valence-electron chi connectivity index (χ0n) is 18.3. The third kappa shape index (κ3) is 6.27. The number of benzene rings is 3. The van der Waals surface area contributed by atoms with Crippen molar-refractivity contribution in [3.63, 3.8) is 0 Å². The van der Waals surface area contributed by atoms with E-state index in [1.165, 1.54) is 0 Å². The topological polar surface area (TPSA) is 62.6 Å². The number of carbonyl (C=O) groups excluding carboxylic acids is 2. The van der Waals surface area contributed by atoms with Crippen molar-refractivity contribution in [3.8, 4) is 0 Å². The van der Waals surface area contributed by atoms with Crippen LogP contribution in [0, 0.1) is 13.8 Å². The van der Waals surface area contributed by atoms with E-state index in [0.29, 0.717) is 0 Å². The first kappa shape index (κ1) is 22.2. The number of quaternary nitrogens is 1. The lowest BCUT2D eigenvalue weighted by atomic mass is 9.99. The van der Waals surface area contributed by atoms with Crippen molar-refractivity contribution in [2.75, 3.05) is 25.5 Å². The highest BCUT2D eigenvalue weighted by molar-refractivity contribution is 5.92. The van der Waals surface area contributed by atoms with E-state index in [0.717, 1.165) is 32.8 Å². The van der Waals surface area contributed by atoms with Crippen LogP contribution < -0.4 is 15.5 Å². The average Bonchev–Trinajstić information content (AvgIpc) is 2.76. The molecule has 3 rings (SSSR count). The maximum atomic E-state index is 12.8. The van der Waals surface area contributed by atoms with E-state index < -0.39 is 0 Å². The van der Waals surface area contributed by atoms with E-state index in [-0.39, 0.29) is 30.9 Å². The van der Waals surface area contributed by atoms with Crippen LogP contribution in [0.2, 0.25) is 0 Å². The fourth-order valence-electron chi connectivity index (χ4n) is 3.55. The zero-order valence-corrected chi connectivity index (χ0v) is 18.3. The van der Waals surface area contributed by atoms with Gasteiger partial charge in [-0.15, -0.1) is 0 Å². The van der Waals surface area contributed by atoms with Crippen molar-refractivity contribution < 1.29 is 14.5 Å². The van der Waals surface area contributed by atoms with Crippen LogP contribution in [0.4, 0.5) is 5.69 Å². The lowest BCUT2D eigenvalue weighted by Gasteiger charge is -2.21. The van der Waals surface area contributed by atoms with Gasteiger partial charge < -0.3 is 15.5 Å². The van der Waals surface area contributed by atoms with Crippen molar-refractivity contribution in [1.29, 1.82) is 0 Å². The summed E-state index contributed by atoms with van der Waals surface area (Å²) in [5.41, 5.74) is 5.04. The molecule has 5 heteroatoms. The van der Waals surface area contributed by atoms with Gasteiger partial charge in [0.25, 0.3) is 11.8 Å². The number of hydrogen-bond acceptors (Lipinski definition) is 2. The number of likely N-dealkylation sites (N-methyl/N-ethyl adjacent to an activating group) is 1. The Morgan fingerprint density at radius 3 is 1.90 bits per heavy atom. The first-order valence-corrected chi connectivity index (χ1v) is 10.5. The molecule has 0 aliphatic carbocycles. The highest BCUT2D eigenvalue weighted by atomic mass is 16.2. The predicted molar refractivity (Wildman–Crippen MR) is 124 cm³/mol. The number of amides is 2. The maximum Gasteiger partial charge on any atom is 0.279 e. The van der Waals surface area contributed by atoms with E-state index in [2.05, 4.69) is 10.6 Å². The Morgan fingerprint density at radius 1 is 0.774 bits per heavy atom. The number of rotatable bonds is 8. The summed E-state index contributed by atoms with van der Waals surface area (Å²) >= 11 is 0. The molecule has 0 radical (unpaired) electrons. The average molecular weight is 417 g/mol. The molecule has 3 aromatic rings. The smallest absolute Gasteiger partial charge is 0.279 e. The summed E-state index contributed by atoms with van der Waals surface area (Å²) in [6, 6.07) is 25.4. The Morgan fingerprint density at radius 2 is 1.32 bits per heavy atom. The number of anilines is 1. The van der Waals surface area contributed by atoms with E-state index >= 15 is 0 Å². The van der Waals surface area contributed by atoms with Crippen LogP contribution in [0.25, 0.3) is 0 Å². The summed E-state index contributed by atoms with van der Waals surface area (Å²) in [5.74, 6) is -0.212. The van der Waals surface area contributed by atoms with Crippen LogP contribution in [0.5, 0.6) is 0 Å². The fourth-order valence-corrected chi connectivity index (χ4v) is 3.55. The summed E-state index contributed by atoms with van der Waals surface area (Å²) in [6.07, 6.45) is 0. The summed E-state index contributed by atoms with van der Waals surface area (Å²) < 4.78 is 0. The van der Waals surface area contributed by atoms with E-state index in [4.69, 9.17) is 0 Å². The third-order valence-electron chi connectivity index (χ3n) is 5.37. The Balaban J connectivity index is 1.60. The normalized spacial score (nSPS) is 11.7. The second-order valence-electron chi connectivity index (χ2n) is 7.93. The second kappa shape index (κ2) is 10.5. The first-order chi connectivity index (χ1) is 14.9. The molecule has 1 unspecified atom stereocenters. The number of nitrogens with one attached hydrogen (secondary N) is 3. The molecule has 3 N–H and O–H groups in total. The van der Waals surface area contributed by atoms with Gasteiger partial charge in [0.05, 0.1) is 13.1 Å². The Hall–Kier alpha value is -3.44. The van der Waals surface area contributed by atoms with E-state index in [1.807, 2.05) is 99.8 Å². The quantitative estimate of drug-likeness (QED) is 0.529. The monoisotopic (exact) mass is 416 g/mol. The predicted octanol–water partition coefficient (Wildman–Crippen LogP) is 2.66. The molecule has 1 atom stereocenters. The molecule has 0 heterocycles. The third-order valence-corrected chi connectivity index (χ3v) is 5.37. The second-order valence-corrected chi connectivity index (χ2v) is 7.93. The van der Waals surface area contributed by atoms with Gasteiger partial charge in [-0.2, -0.15) is 0 Å². The number of carbonyl (C=O) groups is 2. The van der Waals surface area contributed by atoms with Gasteiger partial charge in [-0.3, -0.25) is 9.59 Å². The molecule has 2 amide bonds. The SMILES string of the molecule is Cc1cccc(NC(=O)C[NH+](C)CC(=O)NC(c2ccccc2)c2ccccc2)c1C. The van der Waals surface area contributed by atoms with Crippen LogP contribution in [-0.4, -0.2) is 32.0 Å². The molecule has 0 saturated heterocycles. The van der Waals surface area contributed by atoms with Gasteiger partial charge in [0.1, 0.15) is 0 Å². The minimum absolute atomic E-state index is 0.102. The molecule has 0 aliphatic rings. The highest BCUT2D eigenvalue weighted by Gasteiger charge is 2.20. The van der Waals surface area contributed by atoms with Crippen LogP contribution >= 0.6 is 0 Å². The van der Waals surface area contributed by atoms with Gasteiger partial charge in [0.2, 0.25) is 0 Å². The van der Waals surface area contributed by atoms with Crippen LogP contribution in [0.1, 0.15) is 28.3 Å². The van der Waals surface area contributed by atoms with Crippen LogP contribution in [-0.2, 0) is 9.59 Å². The minimum Gasteiger partial charge on any atom is -0.340 e. The van der Waals surface area contributed by atoms with Crippen LogP contribution in [0.3, 0.4) is 0 Å². The zero-order chi connectivity index (χ0) is 22.2. The molecule has 31 heavy (non-hydrogen) atoms. The minimum atomic E-state index is -0.230. The highest BCUT2D eigenvalue weighted by Crippen LogP contribution is 2.21.